The van der Waals surface area contributed by atoms with Crippen LogP contribution in [0.2, 0.25) is 5.02 Å². The van der Waals surface area contributed by atoms with Gasteiger partial charge in [-0.2, -0.15) is 8.42 Å². The molecule has 1 aromatic carbocycles. The van der Waals surface area contributed by atoms with Gasteiger partial charge in [0.25, 0.3) is 5.69 Å². The first-order chi connectivity index (χ1) is 7.29. The van der Waals surface area contributed by atoms with E-state index in [0.29, 0.717) is 0 Å². The maximum atomic E-state index is 10.5. The Balaban J connectivity index is 2.95. The molecular formula is C7H7ClN2O5S. The molecule has 0 aliphatic heterocycles. The number of nitrogens with zero attached hydrogens (tertiary/aromatic N) is 1. The first-order valence-electron chi connectivity index (χ1n) is 3.89. The van der Waals surface area contributed by atoms with Crippen molar-refractivity contribution in [1.82, 2.24) is 0 Å². The van der Waals surface area contributed by atoms with E-state index in [0.717, 1.165) is 6.07 Å². The molecule has 0 aliphatic rings. The molecule has 0 saturated heterocycles. The quantitative estimate of drug-likeness (QED) is 0.644. The molecule has 0 amide bonds. The maximum absolute atomic E-state index is 10.5. The van der Waals surface area contributed by atoms with Crippen LogP contribution in [0.5, 0.6) is 0 Å². The second-order valence-corrected chi connectivity index (χ2v) is 4.42. The summed E-state index contributed by atoms with van der Waals surface area (Å²) in [5.41, 5.74) is -0.0395. The van der Waals surface area contributed by atoms with Crippen LogP contribution in [0, 0.1) is 10.1 Å². The van der Waals surface area contributed by atoms with Gasteiger partial charge in [-0.1, -0.05) is 11.6 Å². The third kappa shape index (κ3) is 3.74. The highest BCUT2D eigenvalue weighted by atomic mass is 35.5. The zero-order valence-electron chi connectivity index (χ0n) is 7.79. The number of nitro benzene ring substituents is 1. The predicted molar refractivity (Wildman–Crippen MR) is 56.0 cm³/mol. The molecule has 7 nitrogen and oxygen atoms in total. The van der Waals surface area contributed by atoms with Gasteiger partial charge in [-0.15, -0.1) is 0 Å². The molecule has 0 unspecified atom stereocenters. The highest BCUT2D eigenvalue weighted by Crippen LogP contribution is 2.22. The summed E-state index contributed by atoms with van der Waals surface area (Å²) in [6, 6.07) is 3.60. The fraction of sp³-hybridized carbons (Fsp3) is 0.143. The molecule has 0 atom stereocenters. The second kappa shape index (κ2) is 4.74. The summed E-state index contributed by atoms with van der Waals surface area (Å²) in [4.78, 5) is 9.82. The van der Waals surface area contributed by atoms with E-state index in [9.17, 15) is 18.5 Å². The lowest BCUT2D eigenvalue weighted by molar-refractivity contribution is -0.384. The monoisotopic (exact) mass is 266 g/mol. The Morgan fingerprint density at radius 1 is 1.50 bits per heavy atom. The maximum Gasteiger partial charge on any atom is 0.333 e. The fourth-order valence-corrected chi connectivity index (χ4v) is 1.39. The van der Waals surface area contributed by atoms with Crippen LogP contribution in [0.3, 0.4) is 0 Å². The number of nitrogens with two attached hydrogens (primary N) is 1. The minimum Gasteiger partial charge on any atom is -0.258 e. The Morgan fingerprint density at radius 3 is 2.62 bits per heavy atom. The van der Waals surface area contributed by atoms with E-state index < -0.39 is 21.8 Å². The summed E-state index contributed by atoms with van der Waals surface area (Å²) in [5.74, 6) is 0. The highest BCUT2D eigenvalue weighted by molar-refractivity contribution is 7.84. The van der Waals surface area contributed by atoms with Gasteiger partial charge in [0.1, 0.15) is 0 Å². The Hall–Kier alpha value is -1.22. The number of nitro groups is 1. The number of rotatable bonds is 4. The molecule has 88 valence electrons. The zero-order valence-corrected chi connectivity index (χ0v) is 9.36. The van der Waals surface area contributed by atoms with Crippen LogP contribution in [0.4, 0.5) is 5.69 Å². The molecule has 0 aromatic heterocycles. The normalized spacial score (nSPS) is 11.4. The highest BCUT2D eigenvalue weighted by Gasteiger charge is 2.12. The van der Waals surface area contributed by atoms with Crippen LogP contribution < -0.4 is 5.14 Å². The lowest BCUT2D eigenvalue weighted by atomic mass is 10.2. The third-order valence-electron chi connectivity index (χ3n) is 1.62. The van der Waals surface area contributed by atoms with Crippen LogP contribution >= 0.6 is 11.6 Å². The van der Waals surface area contributed by atoms with Crippen molar-refractivity contribution in [3.63, 3.8) is 0 Å². The van der Waals surface area contributed by atoms with Crippen molar-refractivity contribution in [3.05, 3.63) is 38.9 Å². The second-order valence-electron chi connectivity index (χ2n) is 2.79. The molecule has 1 aromatic rings. The van der Waals surface area contributed by atoms with Crippen LogP contribution in [0.1, 0.15) is 5.56 Å². The summed E-state index contributed by atoms with van der Waals surface area (Å²) >= 11 is 5.69. The molecule has 0 fully saturated rings. The van der Waals surface area contributed by atoms with E-state index in [2.05, 4.69) is 9.32 Å². The Morgan fingerprint density at radius 2 is 2.12 bits per heavy atom. The van der Waals surface area contributed by atoms with E-state index in [4.69, 9.17) is 11.6 Å². The topological polar surface area (TPSA) is 113 Å². The largest absolute Gasteiger partial charge is 0.333 e. The standard InChI is InChI=1S/C7H7ClN2O5S/c8-7-2-1-6(10(11)12)3-5(7)4-15-16(9,13)14/h1-3H,4H2,(H2,9,13,14). The molecule has 0 radical (unpaired) electrons. The van der Waals surface area contributed by atoms with Gasteiger partial charge in [-0.25, -0.2) is 5.14 Å². The van der Waals surface area contributed by atoms with Crippen molar-refractivity contribution in [3.8, 4) is 0 Å². The van der Waals surface area contributed by atoms with Crippen LogP contribution in [-0.2, 0) is 21.1 Å². The summed E-state index contributed by atoms with van der Waals surface area (Å²) < 4.78 is 25.3. The van der Waals surface area contributed by atoms with Crippen molar-refractivity contribution in [2.24, 2.45) is 5.14 Å². The number of halogens is 1. The summed E-state index contributed by atoms with van der Waals surface area (Å²) in [6.07, 6.45) is 0. The first kappa shape index (κ1) is 12.8. The van der Waals surface area contributed by atoms with Crippen molar-refractivity contribution in [2.75, 3.05) is 0 Å². The van der Waals surface area contributed by atoms with E-state index in [1.807, 2.05) is 0 Å². The molecule has 1 rings (SSSR count). The zero-order chi connectivity index (χ0) is 12.3. The van der Waals surface area contributed by atoms with Crippen LogP contribution in [-0.4, -0.2) is 13.3 Å². The van der Waals surface area contributed by atoms with Crippen LogP contribution in [0.15, 0.2) is 18.2 Å². The Labute approximate surface area is 96.2 Å². The lowest BCUT2D eigenvalue weighted by Gasteiger charge is -2.03. The Bertz CT molecular complexity index is 516. The molecule has 0 spiro atoms. The van der Waals surface area contributed by atoms with Crippen molar-refractivity contribution >= 4 is 27.6 Å². The van der Waals surface area contributed by atoms with Gasteiger partial charge in [0.05, 0.1) is 11.5 Å². The summed E-state index contributed by atoms with van der Waals surface area (Å²) in [5, 5.41) is 15.2. The Kier molecular flexibility index (Phi) is 3.81. The molecular weight excluding hydrogens is 260 g/mol. The predicted octanol–water partition coefficient (Wildman–Crippen LogP) is 0.968. The van der Waals surface area contributed by atoms with E-state index in [1.54, 1.807) is 0 Å². The summed E-state index contributed by atoms with van der Waals surface area (Å²) in [7, 11) is -4.10. The number of hydrogen-bond donors (Lipinski definition) is 1. The van der Waals surface area contributed by atoms with Crippen molar-refractivity contribution in [1.29, 1.82) is 0 Å². The smallest absolute Gasteiger partial charge is 0.258 e. The van der Waals surface area contributed by atoms with Gasteiger partial charge >= 0.3 is 10.3 Å². The van der Waals surface area contributed by atoms with Crippen molar-refractivity contribution < 1.29 is 17.5 Å². The van der Waals surface area contributed by atoms with Gasteiger partial charge in [0.15, 0.2) is 0 Å². The first-order valence-corrected chi connectivity index (χ1v) is 5.74. The average Bonchev–Trinajstić information content (AvgIpc) is 2.14. The van der Waals surface area contributed by atoms with Gasteiger partial charge < -0.3 is 0 Å². The third-order valence-corrected chi connectivity index (χ3v) is 2.43. The lowest BCUT2D eigenvalue weighted by Crippen LogP contribution is -2.15. The molecule has 2 N–H and O–H groups in total. The van der Waals surface area contributed by atoms with E-state index in [1.165, 1.54) is 12.1 Å². The van der Waals surface area contributed by atoms with E-state index >= 15 is 0 Å². The molecule has 0 bridgehead atoms. The molecule has 16 heavy (non-hydrogen) atoms. The fourth-order valence-electron chi connectivity index (χ4n) is 0.931. The van der Waals surface area contributed by atoms with Crippen LogP contribution in [0.25, 0.3) is 0 Å². The molecule has 0 heterocycles. The average molecular weight is 267 g/mol. The SMILES string of the molecule is NS(=O)(=O)OCc1cc([N+](=O)[O-])ccc1Cl. The number of hydrogen-bond acceptors (Lipinski definition) is 5. The van der Waals surface area contributed by atoms with Gasteiger partial charge in [0.2, 0.25) is 0 Å². The summed E-state index contributed by atoms with van der Waals surface area (Å²) in [6.45, 7) is -0.445. The van der Waals surface area contributed by atoms with E-state index in [-0.39, 0.29) is 16.3 Å². The number of non-ortho nitro benzene ring substituents is 1. The van der Waals surface area contributed by atoms with Gasteiger partial charge in [0, 0.05) is 22.7 Å². The minimum atomic E-state index is -4.10. The van der Waals surface area contributed by atoms with Crippen molar-refractivity contribution in [2.45, 2.75) is 6.61 Å². The molecule has 0 saturated carbocycles. The number of benzene rings is 1. The minimum absolute atomic E-state index is 0.161. The van der Waals surface area contributed by atoms with Gasteiger partial charge in [-0.05, 0) is 6.07 Å². The van der Waals surface area contributed by atoms with Gasteiger partial charge in [-0.3, -0.25) is 14.3 Å². The molecule has 9 heteroatoms. The molecule has 0 aliphatic carbocycles.